The molecule has 1 amide bonds. The number of carbonyl (C=O) groups is 1. The van der Waals surface area contributed by atoms with E-state index in [-0.39, 0.29) is 11.8 Å². The zero-order valence-corrected chi connectivity index (χ0v) is 7.97. The molecule has 0 spiro atoms. The number of hydrogen-bond donors (Lipinski definition) is 1. The molecule has 0 radical (unpaired) electrons. The Kier molecular flexibility index (Phi) is 3.53. The number of rotatable bonds is 2. The smallest absolute Gasteiger partial charge is 0.223 e. The Morgan fingerprint density at radius 1 is 1.50 bits per heavy atom. The van der Waals surface area contributed by atoms with E-state index >= 15 is 0 Å². The molecule has 0 aromatic heterocycles. The number of nitrogens with one attached hydrogen (secondary N) is 1. The predicted molar refractivity (Wildman–Crippen MR) is 48.9 cm³/mol. The van der Waals surface area contributed by atoms with Crippen LogP contribution in [-0.4, -0.2) is 37.5 Å². The molecule has 0 aromatic carbocycles. The second kappa shape index (κ2) is 4.45. The third-order valence-corrected chi connectivity index (χ3v) is 2.44. The van der Waals surface area contributed by atoms with E-state index in [1.54, 1.807) is 0 Å². The zero-order valence-electron chi connectivity index (χ0n) is 7.97. The van der Waals surface area contributed by atoms with Crippen LogP contribution in [0.15, 0.2) is 0 Å². The number of carbonyl (C=O) groups excluding carboxylic acids is 1. The maximum Gasteiger partial charge on any atom is 0.223 e. The van der Waals surface area contributed by atoms with Crippen LogP contribution in [0.2, 0.25) is 0 Å². The lowest BCUT2D eigenvalue weighted by molar-refractivity contribution is -0.126. The first kappa shape index (κ1) is 9.52. The summed E-state index contributed by atoms with van der Waals surface area (Å²) in [4.78, 5) is 13.6. The number of nitrogens with zero attached hydrogens (tertiary/aromatic N) is 1. The van der Waals surface area contributed by atoms with Gasteiger partial charge in [-0.15, -0.1) is 0 Å². The molecule has 0 bridgehead atoms. The van der Waals surface area contributed by atoms with E-state index in [1.165, 1.54) is 0 Å². The van der Waals surface area contributed by atoms with Crippen LogP contribution in [0.25, 0.3) is 0 Å². The van der Waals surface area contributed by atoms with E-state index in [0.29, 0.717) is 0 Å². The van der Waals surface area contributed by atoms with Gasteiger partial charge in [-0.3, -0.25) is 4.79 Å². The molecule has 0 unspecified atom stereocenters. The molecule has 70 valence electrons. The minimum atomic E-state index is 0.241. The Balaban J connectivity index is 2.29. The summed E-state index contributed by atoms with van der Waals surface area (Å²) in [6, 6.07) is 0. The minimum Gasteiger partial charge on any atom is -0.356 e. The quantitative estimate of drug-likeness (QED) is 0.653. The summed E-state index contributed by atoms with van der Waals surface area (Å²) in [5.74, 6) is 0.506. The molecule has 12 heavy (non-hydrogen) atoms. The highest BCUT2D eigenvalue weighted by molar-refractivity contribution is 5.78. The van der Waals surface area contributed by atoms with Crippen LogP contribution in [0.5, 0.6) is 0 Å². The highest BCUT2D eigenvalue weighted by Gasteiger charge is 2.22. The fraction of sp³-hybridized carbons (Fsp3) is 0.889. The molecule has 1 aliphatic heterocycles. The van der Waals surface area contributed by atoms with Crippen molar-refractivity contribution in [1.29, 1.82) is 0 Å². The molecule has 3 nitrogen and oxygen atoms in total. The van der Waals surface area contributed by atoms with Crippen molar-refractivity contribution in [3.63, 3.8) is 0 Å². The van der Waals surface area contributed by atoms with Crippen LogP contribution in [0.4, 0.5) is 0 Å². The van der Waals surface area contributed by atoms with Crippen LogP contribution >= 0.6 is 0 Å². The summed E-state index contributed by atoms with van der Waals surface area (Å²) in [6.45, 7) is 4.83. The van der Waals surface area contributed by atoms with Gasteiger partial charge in [0.25, 0.3) is 0 Å². The summed E-state index contributed by atoms with van der Waals surface area (Å²) in [5.41, 5.74) is 0. The minimum absolute atomic E-state index is 0.241. The van der Waals surface area contributed by atoms with Gasteiger partial charge in [0.15, 0.2) is 0 Å². The van der Waals surface area contributed by atoms with Gasteiger partial charge in [-0.25, -0.2) is 0 Å². The molecule has 0 aliphatic carbocycles. The van der Waals surface area contributed by atoms with Crippen LogP contribution in [0.3, 0.4) is 0 Å². The standard InChI is InChI=1S/C9H18N2O/c1-3-10-9(12)8-4-6-11(2)7-5-8/h8H,3-7H2,1-2H3,(H,10,12). The van der Waals surface area contributed by atoms with E-state index in [0.717, 1.165) is 32.5 Å². The van der Waals surface area contributed by atoms with Gasteiger partial charge in [0.2, 0.25) is 5.91 Å². The first-order valence-electron chi connectivity index (χ1n) is 4.70. The van der Waals surface area contributed by atoms with Crippen molar-refractivity contribution in [3.05, 3.63) is 0 Å². The highest BCUT2D eigenvalue weighted by atomic mass is 16.1. The van der Waals surface area contributed by atoms with Crippen molar-refractivity contribution in [1.82, 2.24) is 10.2 Å². The summed E-state index contributed by atoms with van der Waals surface area (Å²) < 4.78 is 0. The lowest BCUT2D eigenvalue weighted by Crippen LogP contribution is -2.38. The van der Waals surface area contributed by atoms with Gasteiger partial charge in [0.1, 0.15) is 0 Å². The second-order valence-electron chi connectivity index (χ2n) is 3.47. The molecule has 1 N–H and O–H groups in total. The van der Waals surface area contributed by atoms with E-state index < -0.39 is 0 Å². The molecular formula is C9H18N2O. The number of likely N-dealkylation sites (tertiary alicyclic amines) is 1. The van der Waals surface area contributed by atoms with Gasteiger partial charge in [0, 0.05) is 12.5 Å². The molecule has 1 rings (SSSR count). The summed E-state index contributed by atoms with van der Waals surface area (Å²) >= 11 is 0. The molecule has 1 fully saturated rings. The second-order valence-corrected chi connectivity index (χ2v) is 3.47. The first-order chi connectivity index (χ1) is 5.74. The SMILES string of the molecule is CCNC(=O)C1CCN(C)CC1. The van der Waals surface area contributed by atoms with E-state index in [2.05, 4.69) is 17.3 Å². The monoisotopic (exact) mass is 170 g/mol. The Labute approximate surface area is 74.1 Å². The summed E-state index contributed by atoms with van der Waals surface area (Å²) in [7, 11) is 2.11. The maximum absolute atomic E-state index is 11.4. The van der Waals surface area contributed by atoms with Crippen molar-refractivity contribution in [2.45, 2.75) is 19.8 Å². The summed E-state index contributed by atoms with van der Waals surface area (Å²) in [6.07, 6.45) is 2.03. The Morgan fingerprint density at radius 2 is 2.08 bits per heavy atom. The van der Waals surface area contributed by atoms with E-state index in [1.807, 2.05) is 6.92 Å². The molecular weight excluding hydrogens is 152 g/mol. The molecule has 3 heteroatoms. The van der Waals surface area contributed by atoms with Crippen molar-refractivity contribution in [2.75, 3.05) is 26.7 Å². The molecule has 0 atom stereocenters. The fourth-order valence-corrected chi connectivity index (χ4v) is 1.59. The average Bonchev–Trinajstić information content (AvgIpc) is 2.06. The Morgan fingerprint density at radius 3 is 2.58 bits per heavy atom. The van der Waals surface area contributed by atoms with Gasteiger partial charge in [-0.05, 0) is 39.9 Å². The van der Waals surface area contributed by atoms with Crippen molar-refractivity contribution < 1.29 is 4.79 Å². The molecule has 0 aromatic rings. The third-order valence-electron chi connectivity index (χ3n) is 2.44. The average molecular weight is 170 g/mol. The zero-order chi connectivity index (χ0) is 8.97. The Bertz CT molecular complexity index is 151. The predicted octanol–water partition coefficient (Wildman–Crippen LogP) is 0.464. The number of amides is 1. The third kappa shape index (κ3) is 2.48. The van der Waals surface area contributed by atoms with Crippen molar-refractivity contribution >= 4 is 5.91 Å². The van der Waals surface area contributed by atoms with E-state index in [4.69, 9.17) is 0 Å². The number of piperidine rings is 1. The molecule has 1 aliphatic rings. The number of hydrogen-bond acceptors (Lipinski definition) is 2. The lowest BCUT2D eigenvalue weighted by Gasteiger charge is -2.27. The normalized spacial score (nSPS) is 20.8. The van der Waals surface area contributed by atoms with Crippen molar-refractivity contribution in [3.8, 4) is 0 Å². The molecule has 1 heterocycles. The summed E-state index contributed by atoms with van der Waals surface area (Å²) in [5, 5.41) is 2.87. The van der Waals surface area contributed by atoms with Gasteiger partial charge in [-0.2, -0.15) is 0 Å². The van der Waals surface area contributed by atoms with Crippen LogP contribution in [0, 0.1) is 5.92 Å². The fourth-order valence-electron chi connectivity index (χ4n) is 1.59. The van der Waals surface area contributed by atoms with Gasteiger partial charge >= 0.3 is 0 Å². The Hall–Kier alpha value is -0.570. The van der Waals surface area contributed by atoms with Gasteiger partial charge in [-0.1, -0.05) is 0 Å². The largest absolute Gasteiger partial charge is 0.356 e. The van der Waals surface area contributed by atoms with Crippen LogP contribution < -0.4 is 5.32 Å². The molecule has 0 saturated carbocycles. The first-order valence-corrected chi connectivity index (χ1v) is 4.70. The van der Waals surface area contributed by atoms with Crippen LogP contribution in [-0.2, 0) is 4.79 Å². The molecule has 1 saturated heterocycles. The van der Waals surface area contributed by atoms with Gasteiger partial charge < -0.3 is 10.2 Å². The topological polar surface area (TPSA) is 32.3 Å². The van der Waals surface area contributed by atoms with Crippen molar-refractivity contribution in [2.24, 2.45) is 5.92 Å². The van der Waals surface area contributed by atoms with Gasteiger partial charge in [0.05, 0.1) is 0 Å². The maximum atomic E-state index is 11.4. The lowest BCUT2D eigenvalue weighted by atomic mass is 9.96. The van der Waals surface area contributed by atoms with E-state index in [9.17, 15) is 4.79 Å². The highest BCUT2D eigenvalue weighted by Crippen LogP contribution is 2.15. The van der Waals surface area contributed by atoms with Crippen LogP contribution in [0.1, 0.15) is 19.8 Å².